The molecule has 0 radical (unpaired) electrons. The van der Waals surface area contributed by atoms with Crippen LogP contribution in [0.3, 0.4) is 0 Å². The molecule has 0 N–H and O–H groups in total. The molecule has 1 aliphatic heterocycles. The van der Waals surface area contributed by atoms with Gasteiger partial charge in [-0.25, -0.2) is 0 Å². The molecule has 0 spiro atoms. The van der Waals surface area contributed by atoms with Crippen LogP contribution in [0, 0.1) is 0 Å². The van der Waals surface area contributed by atoms with E-state index in [1.165, 1.54) is 0 Å². The Morgan fingerprint density at radius 1 is 1.32 bits per heavy atom. The van der Waals surface area contributed by atoms with E-state index in [0.717, 1.165) is 10.6 Å². The van der Waals surface area contributed by atoms with Crippen LogP contribution in [0.4, 0.5) is 5.69 Å². The van der Waals surface area contributed by atoms with E-state index >= 15 is 0 Å². The first-order valence-electron chi connectivity index (χ1n) is 5.85. The maximum absolute atomic E-state index is 12.3. The van der Waals surface area contributed by atoms with Crippen LogP contribution in [0.5, 0.6) is 0 Å². The average molecular weight is 272 g/mol. The number of ketones is 1. The predicted molar refractivity (Wildman–Crippen MR) is 73.8 cm³/mol. The molecule has 1 aromatic carbocycles. The number of anilines is 1. The number of benzene rings is 1. The molecule has 1 aromatic heterocycles. The number of hydrogen-bond acceptors (Lipinski definition) is 4. The van der Waals surface area contributed by atoms with Crippen molar-refractivity contribution in [1.29, 1.82) is 0 Å². The fourth-order valence-corrected chi connectivity index (χ4v) is 3.48. The van der Waals surface area contributed by atoms with Crippen molar-refractivity contribution in [3.05, 3.63) is 53.9 Å². The number of rotatable bonds is 2. The summed E-state index contributed by atoms with van der Waals surface area (Å²) in [4.78, 5) is 18.9. The molecule has 0 bridgehead atoms. The van der Waals surface area contributed by atoms with Crippen molar-refractivity contribution in [2.45, 2.75) is 4.90 Å². The highest BCUT2D eigenvalue weighted by Crippen LogP contribution is 2.31. The molecule has 1 unspecified atom stereocenters. The van der Waals surface area contributed by atoms with Crippen LogP contribution in [0.15, 0.2) is 47.6 Å². The van der Waals surface area contributed by atoms with Crippen molar-refractivity contribution in [2.75, 3.05) is 17.8 Å². The first-order valence-corrected chi connectivity index (χ1v) is 7.17. The van der Waals surface area contributed by atoms with Gasteiger partial charge >= 0.3 is 0 Å². The summed E-state index contributed by atoms with van der Waals surface area (Å²) in [7, 11) is 0.842. The summed E-state index contributed by atoms with van der Waals surface area (Å²) in [6, 6.07) is 8.81. The molecule has 4 nitrogen and oxygen atoms in total. The minimum absolute atomic E-state index is 0.0950. The molecular formula is C14H12N2O2S. The van der Waals surface area contributed by atoms with E-state index in [9.17, 15) is 9.00 Å². The second-order valence-corrected chi connectivity index (χ2v) is 5.81. The molecule has 0 amide bonds. The van der Waals surface area contributed by atoms with Crippen LogP contribution in [0.2, 0.25) is 0 Å². The molecule has 96 valence electrons. The summed E-state index contributed by atoms with van der Waals surface area (Å²) in [5.74, 6) is 0.391. The van der Waals surface area contributed by atoms with Gasteiger partial charge in [-0.2, -0.15) is 0 Å². The number of carbonyl (C=O) groups excluding carboxylic acids is 1. The molecule has 1 atom stereocenters. The van der Waals surface area contributed by atoms with Crippen LogP contribution in [0.25, 0.3) is 0 Å². The van der Waals surface area contributed by atoms with Gasteiger partial charge in [0.25, 0.3) is 0 Å². The van der Waals surface area contributed by atoms with Gasteiger partial charge < -0.3 is 4.90 Å². The minimum atomic E-state index is -1.05. The second-order valence-electron chi connectivity index (χ2n) is 4.43. The van der Waals surface area contributed by atoms with E-state index in [2.05, 4.69) is 4.98 Å². The number of aromatic nitrogens is 1. The third-order valence-electron chi connectivity index (χ3n) is 3.11. The molecule has 0 fully saturated rings. The Morgan fingerprint density at radius 2 is 2.16 bits per heavy atom. The van der Waals surface area contributed by atoms with Crippen LogP contribution < -0.4 is 4.90 Å². The Kier molecular flexibility index (Phi) is 2.91. The minimum Gasteiger partial charge on any atom is -0.361 e. The summed E-state index contributed by atoms with van der Waals surface area (Å²) in [5.41, 5.74) is 2.02. The molecule has 0 saturated carbocycles. The smallest absolute Gasteiger partial charge is 0.194 e. The summed E-state index contributed by atoms with van der Waals surface area (Å²) < 4.78 is 11.9. The van der Waals surface area contributed by atoms with Crippen molar-refractivity contribution in [3.8, 4) is 0 Å². The van der Waals surface area contributed by atoms with Crippen LogP contribution >= 0.6 is 0 Å². The van der Waals surface area contributed by atoms with Gasteiger partial charge in [-0.3, -0.25) is 14.0 Å². The van der Waals surface area contributed by atoms with E-state index in [0.29, 0.717) is 17.0 Å². The average Bonchev–Trinajstić information content (AvgIpc) is 2.74. The van der Waals surface area contributed by atoms with E-state index in [1.54, 1.807) is 36.7 Å². The first kappa shape index (κ1) is 12.0. The molecule has 19 heavy (non-hydrogen) atoms. The molecular weight excluding hydrogens is 260 g/mol. The number of hydrogen-bond donors (Lipinski definition) is 0. The van der Waals surface area contributed by atoms with Gasteiger partial charge in [0.2, 0.25) is 0 Å². The van der Waals surface area contributed by atoms with Crippen molar-refractivity contribution in [2.24, 2.45) is 0 Å². The summed E-state index contributed by atoms with van der Waals surface area (Å²) in [5, 5.41) is 0. The predicted octanol–water partition coefficient (Wildman–Crippen LogP) is 1.83. The van der Waals surface area contributed by atoms with E-state index < -0.39 is 10.8 Å². The quantitative estimate of drug-likeness (QED) is 0.783. The molecule has 1 aliphatic rings. The van der Waals surface area contributed by atoms with E-state index in [-0.39, 0.29) is 5.78 Å². The Balaban J connectivity index is 2.02. The lowest BCUT2D eigenvalue weighted by Crippen LogP contribution is -2.13. The Morgan fingerprint density at radius 3 is 2.89 bits per heavy atom. The molecule has 0 aliphatic carbocycles. The number of carbonyl (C=O) groups is 1. The normalized spacial score (nSPS) is 17.3. The zero-order chi connectivity index (χ0) is 13.4. The monoisotopic (exact) mass is 272 g/mol. The largest absolute Gasteiger partial charge is 0.361 e. The van der Waals surface area contributed by atoms with Gasteiger partial charge in [-0.1, -0.05) is 0 Å². The lowest BCUT2D eigenvalue weighted by Gasteiger charge is -2.10. The molecule has 3 rings (SSSR count). The lowest BCUT2D eigenvalue weighted by molar-refractivity contribution is 0.103. The molecule has 2 aromatic rings. The highest BCUT2D eigenvalue weighted by atomic mass is 32.2. The standard InChI is InChI=1S/C14H12N2O2S/c1-16-9-19(18)13-7-10(4-5-12(13)16)14(17)11-3-2-6-15-8-11/h2-8H,9H2,1H3. The van der Waals surface area contributed by atoms with Crippen molar-refractivity contribution >= 4 is 22.3 Å². The maximum Gasteiger partial charge on any atom is 0.194 e. The third kappa shape index (κ3) is 2.06. The van der Waals surface area contributed by atoms with Gasteiger partial charge in [0.1, 0.15) is 0 Å². The topological polar surface area (TPSA) is 50.3 Å². The zero-order valence-electron chi connectivity index (χ0n) is 10.4. The molecule has 0 saturated heterocycles. The highest BCUT2D eigenvalue weighted by molar-refractivity contribution is 7.85. The Labute approximate surface area is 113 Å². The van der Waals surface area contributed by atoms with E-state index in [4.69, 9.17) is 0 Å². The Bertz CT molecular complexity index is 670. The fraction of sp³-hybridized carbons (Fsp3) is 0.143. The Hall–Kier alpha value is -2.01. The molecule has 2 heterocycles. The second kappa shape index (κ2) is 4.59. The van der Waals surface area contributed by atoms with Crippen LogP contribution in [-0.4, -0.2) is 27.9 Å². The SMILES string of the molecule is CN1CS(=O)c2cc(C(=O)c3cccnc3)ccc21. The van der Waals surface area contributed by atoms with Crippen molar-refractivity contribution < 1.29 is 9.00 Å². The fourth-order valence-electron chi connectivity index (χ4n) is 2.13. The van der Waals surface area contributed by atoms with E-state index in [1.807, 2.05) is 18.0 Å². The summed E-state index contributed by atoms with van der Waals surface area (Å²) >= 11 is 0. The molecule has 5 heteroatoms. The first-order chi connectivity index (χ1) is 9.16. The lowest BCUT2D eigenvalue weighted by atomic mass is 10.0. The maximum atomic E-state index is 12.3. The van der Waals surface area contributed by atoms with Crippen LogP contribution in [-0.2, 0) is 10.8 Å². The summed E-state index contributed by atoms with van der Waals surface area (Å²) in [6.07, 6.45) is 3.17. The van der Waals surface area contributed by atoms with Gasteiger partial charge in [0.15, 0.2) is 5.78 Å². The zero-order valence-corrected chi connectivity index (χ0v) is 11.2. The van der Waals surface area contributed by atoms with Gasteiger partial charge in [-0.05, 0) is 30.3 Å². The third-order valence-corrected chi connectivity index (χ3v) is 4.55. The van der Waals surface area contributed by atoms with Gasteiger partial charge in [-0.15, -0.1) is 0 Å². The number of fused-ring (bicyclic) bond motifs is 1. The number of pyridine rings is 1. The van der Waals surface area contributed by atoms with Gasteiger partial charge in [0, 0.05) is 30.6 Å². The highest BCUT2D eigenvalue weighted by Gasteiger charge is 2.24. The van der Waals surface area contributed by atoms with Crippen molar-refractivity contribution in [1.82, 2.24) is 4.98 Å². The van der Waals surface area contributed by atoms with Crippen LogP contribution in [0.1, 0.15) is 15.9 Å². The number of nitrogens with zero attached hydrogens (tertiary/aromatic N) is 2. The van der Waals surface area contributed by atoms with Crippen molar-refractivity contribution in [3.63, 3.8) is 0 Å². The van der Waals surface area contributed by atoms with Gasteiger partial charge in [0.05, 0.1) is 27.3 Å². The summed E-state index contributed by atoms with van der Waals surface area (Å²) in [6.45, 7) is 0.